The summed E-state index contributed by atoms with van der Waals surface area (Å²) in [7, 11) is 0. The summed E-state index contributed by atoms with van der Waals surface area (Å²) in [5.41, 5.74) is 1.69. The van der Waals surface area contributed by atoms with E-state index in [1.807, 2.05) is 36.4 Å². The largest absolute Gasteiger partial charge is 0.478 e. The zero-order valence-electron chi connectivity index (χ0n) is 11.5. The first-order chi connectivity index (χ1) is 10.7. The van der Waals surface area contributed by atoms with Crippen molar-refractivity contribution in [3.63, 3.8) is 0 Å². The summed E-state index contributed by atoms with van der Waals surface area (Å²) < 4.78 is 5.51. The molecule has 0 amide bonds. The molecule has 0 aliphatic rings. The molecule has 2 aromatic carbocycles. The highest BCUT2D eigenvalue weighted by atomic mass is 16.5. The third kappa shape index (κ3) is 3.09. The molecule has 1 heterocycles. The van der Waals surface area contributed by atoms with E-state index in [-0.39, 0.29) is 11.6 Å². The van der Waals surface area contributed by atoms with E-state index < -0.39 is 5.97 Å². The van der Waals surface area contributed by atoms with Crippen LogP contribution in [0, 0.1) is 0 Å². The van der Waals surface area contributed by atoms with Gasteiger partial charge in [0.2, 0.25) is 0 Å². The Labute approximate surface area is 126 Å². The summed E-state index contributed by atoms with van der Waals surface area (Å²) in [5.74, 6) is -0.310. The van der Waals surface area contributed by atoms with Crippen molar-refractivity contribution < 1.29 is 14.6 Å². The fourth-order valence-electron chi connectivity index (χ4n) is 1.94. The minimum absolute atomic E-state index is 0.224. The predicted octanol–water partition coefficient (Wildman–Crippen LogP) is 3.63. The van der Waals surface area contributed by atoms with E-state index in [2.05, 4.69) is 9.97 Å². The number of ether oxygens (including phenoxy) is 1. The maximum absolute atomic E-state index is 11.0. The van der Waals surface area contributed by atoms with E-state index >= 15 is 0 Å². The Morgan fingerprint density at radius 3 is 2.32 bits per heavy atom. The molecular formula is C17H12N2O3. The van der Waals surface area contributed by atoms with Gasteiger partial charge in [-0.15, -0.1) is 0 Å². The normalized spacial score (nSPS) is 10.2. The summed E-state index contributed by atoms with van der Waals surface area (Å²) in [6, 6.07) is 16.1. The van der Waals surface area contributed by atoms with Gasteiger partial charge in [0.15, 0.2) is 0 Å². The molecule has 0 unspecified atom stereocenters. The number of benzene rings is 2. The van der Waals surface area contributed by atoms with Crippen LogP contribution in [0.4, 0.5) is 0 Å². The minimum atomic E-state index is -0.966. The van der Waals surface area contributed by atoms with Crippen LogP contribution in [0.15, 0.2) is 67.0 Å². The minimum Gasteiger partial charge on any atom is -0.478 e. The summed E-state index contributed by atoms with van der Waals surface area (Å²) in [5, 5.41) is 9.01. The van der Waals surface area contributed by atoms with Gasteiger partial charge in [0.05, 0.1) is 5.56 Å². The molecule has 1 N–H and O–H groups in total. The van der Waals surface area contributed by atoms with E-state index in [9.17, 15) is 4.79 Å². The molecule has 0 spiro atoms. The van der Waals surface area contributed by atoms with Crippen LogP contribution in [0.5, 0.6) is 11.8 Å². The number of rotatable bonds is 4. The molecule has 0 saturated heterocycles. The van der Waals surface area contributed by atoms with E-state index in [1.165, 1.54) is 0 Å². The molecule has 3 rings (SSSR count). The van der Waals surface area contributed by atoms with Gasteiger partial charge in [0.25, 0.3) is 0 Å². The van der Waals surface area contributed by atoms with Crippen LogP contribution in [0.1, 0.15) is 10.4 Å². The highest BCUT2D eigenvalue weighted by Crippen LogP contribution is 2.22. The fraction of sp³-hybridized carbons (Fsp3) is 0. The number of carbonyl (C=O) groups is 1. The van der Waals surface area contributed by atoms with Gasteiger partial charge >= 0.3 is 12.0 Å². The van der Waals surface area contributed by atoms with Crippen LogP contribution < -0.4 is 4.74 Å². The molecule has 3 aromatic rings. The van der Waals surface area contributed by atoms with Crippen molar-refractivity contribution >= 4 is 5.97 Å². The van der Waals surface area contributed by atoms with Crippen LogP contribution >= 0.6 is 0 Å². The van der Waals surface area contributed by atoms with Gasteiger partial charge in [-0.2, -0.15) is 0 Å². The van der Waals surface area contributed by atoms with Gasteiger partial charge in [0.1, 0.15) is 5.75 Å². The number of carboxylic acids is 1. The average molecular weight is 292 g/mol. The van der Waals surface area contributed by atoms with Gasteiger partial charge in [-0.1, -0.05) is 30.3 Å². The molecule has 0 bridgehead atoms. The molecular weight excluding hydrogens is 280 g/mol. The van der Waals surface area contributed by atoms with Crippen LogP contribution in [0.2, 0.25) is 0 Å². The zero-order chi connectivity index (χ0) is 15.4. The Morgan fingerprint density at radius 2 is 1.64 bits per heavy atom. The summed E-state index contributed by atoms with van der Waals surface area (Å²) >= 11 is 0. The highest BCUT2D eigenvalue weighted by molar-refractivity contribution is 5.89. The zero-order valence-corrected chi connectivity index (χ0v) is 11.5. The predicted molar refractivity (Wildman–Crippen MR) is 80.9 cm³/mol. The number of hydrogen-bond acceptors (Lipinski definition) is 4. The number of hydrogen-bond donors (Lipinski definition) is 1. The van der Waals surface area contributed by atoms with Crippen molar-refractivity contribution in [1.82, 2.24) is 9.97 Å². The second kappa shape index (κ2) is 6.05. The highest BCUT2D eigenvalue weighted by Gasteiger charge is 2.06. The van der Waals surface area contributed by atoms with E-state index in [0.717, 1.165) is 11.1 Å². The second-order valence-corrected chi connectivity index (χ2v) is 4.56. The Balaban J connectivity index is 1.82. The van der Waals surface area contributed by atoms with Gasteiger partial charge in [-0.05, 0) is 29.8 Å². The maximum Gasteiger partial charge on any atom is 0.335 e. The maximum atomic E-state index is 11.0. The first-order valence-corrected chi connectivity index (χ1v) is 6.61. The number of para-hydroxylation sites is 1. The van der Waals surface area contributed by atoms with Gasteiger partial charge in [0, 0.05) is 18.0 Å². The Bertz CT molecular complexity index is 787. The van der Waals surface area contributed by atoms with Crippen molar-refractivity contribution in [3.05, 3.63) is 72.6 Å². The van der Waals surface area contributed by atoms with Crippen LogP contribution in [-0.2, 0) is 0 Å². The lowest BCUT2D eigenvalue weighted by Gasteiger charge is -2.05. The number of aromatic carboxylic acids is 1. The molecule has 1 aromatic heterocycles. The third-order valence-electron chi connectivity index (χ3n) is 3.02. The summed E-state index contributed by atoms with van der Waals surface area (Å²) in [4.78, 5) is 19.3. The summed E-state index contributed by atoms with van der Waals surface area (Å²) in [6.45, 7) is 0. The lowest BCUT2D eigenvalue weighted by Crippen LogP contribution is -1.96. The molecule has 0 aliphatic carbocycles. The van der Waals surface area contributed by atoms with Crippen LogP contribution in [0.3, 0.4) is 0 Å². The van der Waals surface area contributed by atoms with E-state index in [4.69, 9.17) is 9.84 Å². The standard InChI is InChI=1S/C17H12N2O3/c20-16(21)13-6-4-5-12(9-13)14-10-18-17(19-11-14)22-15-7-2-1-3-8-15/h1-11H,(H,20,21). The first-order valence-electron chi connectivity index (χ1n) is 6.61. The SMILES string of the molecule is O=C(O)c1cccc(-c2cnc(Oc3ccccc3)nc2)c1. The Morgan fingerprint density at radius 1 is 0.909 bits per heavy atom. The molecule has 108 valence electrons. The van der Waals surface area contributed by atoms with Crippen molar-refractivity contribution in [2.75, 3.05) is 0 Å². The molecule has 5 heteroatoms. The lowest BCUT2D eigenvalue weighted by atomic mass is 10.1. The molecule has 0 aliphatic heterocycles. The smallest absolute Gasteiger partial charge is 0.335 e. The van der Waals surface area contributed by atoms with Crippen LogP contribution in [0.25, 0.3) is 11.1 Å². The fourth-order valence-corrected chi connectivity index (χ4v) is 1.94. The summed E-state index contributed by atoms with van der Waals surface area (Å²) in [6.07, 6.45) is 3.21. The average Bonchev–Trinajstić information content (AvgIpc) is 2.56. The van der Waals surface area contributed by atoms with Gasteiger partial charge in [-0.25, -0.2) is 14.8 Å². The van der Waals surface area contributed by atoms with Crippen molar-refractivity contribution in [1.29, 1.82) is 0 Å². The number of carboxylic acid groups (broad SMARTS) is 1. The van der Waals surface area contributed by atoms with Crippen LogP contribution in [-0.4, -0.2) is 21.0 Å². The first kappa shape index (κ1) is 13.8. The van der Waals surface area contributed by atoms with Gasteiger partial charge < -0.3 is 9.84 Å². The number of aromatic nitrogens is 2. The quantitative estimate of drug-likeness (QED) is 0.795. The molecule has 22 heavy (non-hydrogen) atoms. The van der Waals surface area contributed by atoms with Gasteiger partial charge in [-0.3, -0.25) is 0 Å². The van der Waals surface area contributed by atoms with Crippen molar-refractivity contribution in [2.24, 2.45) is 0 Å². The molecule has 0 fully saturated rings. The Kier molecular flexibility index (Phi) is 3.78. The molecule has 0 radical (unpaired) electrons. The van der Waals surface area contributed by atoms with E-state index in [1.54, 1.807) is 30.6 Å². The second-order valence-electron chi connectivity index (χ2n) is 4.56. The Hall–Kier alpha value is -3.21. The van der Waals surface area contributed by atoms with Crippen molar-refractivity contribution in [3.8, 4) is 22.9 Å². The molecule has 0 saturated carbocycles. The van der Waals surface area contributed by atoms with Crippen molar-refractivity contribution in [2.45, 2.75) is 0 Å². The molecule has 5 nitrogen and oxygen atoms in total. The monoisotopic (exact) mass is 292 g/mol. The van der Waals surface area contributed by atoms with E-state index in [0.29, 0.717) is 5.75 Å². The topological polar surface area (TPSA) is 72.3 Å². The third-order valence-corrected chi connectivity index (χ3v) is 3.02. The lowest BCUT2D eigenvalue weighted by molar-refractivity contribution is 0.0697. The number of nitrogens with zero attached hydrogens (tertiary/aromatic N) is 2. The molecule has 0 atom stereocenters.